The van der Waals surface area contributed by atoms with Crippen LogP contribution in [0.25, 0.3) is 0 Å². The molecular formula is C20H24N2O4. The Bertz CT molecular complexity index is 721. The normalized spacial score (nSPS) is 15.5. The molecular weight excluding hydrogens is 332 g/mol. The van der Waals surface area contributed by atoms with E-state index in [1.165, 1.54) is 7.11 Å². The molecule has 6 heteroatoms. The minimum atomic E-state index is -0.193. The SMILES string of the molecule is COC(=O)CC1COc2cc(OCCCNc3ccccn3)ccc2C1. The number of nitrogens with zero attached hydrogens (tertiary/aromatic N) is 1. The number of hydrogen-bond acceptors (Lipinski definition) is 6. The summed E-state index contributed by atoms with van der Waals surface area (Å²) in [4.78, 5) is 15.6. The zero-order valence-electron chi connectivity index (χ0n) is 14.9. The predicted octanol–water partition coefficient (Wildman–Crippen LogP) is 3.08. The molecule has 0 fully saturated rings. The van der Waals surface area contributed by atoms with Gasteiger partial charge in [-0.05, 0) is 36.6 Å². The van der Waals surface area contributed by atoms with Crippen LogP contribution >= 0.6 is 0 Å². The van der Waals surface area contributed by atoms with Gasteiger partial charge in [0, 0.05) is 24.7 Å². The summed E-state index contributed by atoms with van der Waals surface area (Å²) >= 11 is 0. The van der Waals surface area contributed by atoms with Crippen molar-refractivity contribution in [2.75, 3.05) is 32.2 Å². The number of hydrogen-bond donors (Lipinski definition) is 1. The summed E-state index contributed by atoms with van der Waals surface area (Å²) in [6.07, 6.45) is 3.84. The van der Waals surface area contributed by atoms with E-state index >= 15 is 0 Å². The van der Waals surface area contributed by atoms with Crippen molar-refractivity contribution in [1.29, 1.82) is 0 Å². The van der Waals surface area contributed by atoms with Crippen molar-refractivity contribution in [3.05, 3.63) is 48.2 Å². The summed E-state index contributed by atoms with van der Waals surface area (Å²) in [7, 11) is 1.41. The third kappa shape index (κ3) is 5.12. The van der Waals surface area contributed by atoms with Crippen LogP contribution in [0.2, 0.25) is 0 Å². The number of aromatic nitrogens is 1. The van der Waals surface area contributed by atoms with E-state index in [4.69, 9.17) is 14.2 Å². The number of anilines is 1. The monoisotopic (exact) mass is 356 g/mol. The molecule has 0 spiro atoms. The van der Waals surface area contributed by atoms with Gasteiger partial charge in [0.1, 0.15) is 17.3 Å². The zero-order chi connectivity index (χ0) is 18.2. The fourth-order valence-electron chi connectivity index (χ4n) is 2.90. The number of benzene rings is 1. The first-order chi connectivity index (χ1) is 12.7. The summed E-state index contributed by atoms with van der Waals surface area (Å²) in [5.41, 5.74) is 1.11. The molecule has 3 rings (SSSR count). The van der Waals surface area contributed by atoms with E-state index in [0.717, 1.165) is 42.3 Å². The molecule has 0 saturated carbocycles. The van der Waals surface area contributed by atoms with Gasteiger partial charge in [0.15, 0.2) is 0 Å². The van der Waals surface area contributed by atoms with E-state index in [2.05, 4.69) is 10.3 Å². The number of rotatable bonds is 8. The highest BCUT2D eigenvalue weighted by molar-refractivity contribution is 5.69. The van der Waals surface area contributed by atoms with Crippen molar-refractivity contribution in [3.8, 4) is 11.5 Å². The molecule has 1 aromatic carbocycles. The van der Waals surface area contributed by atoms with Crippen LogP contribution in [0.3, 0.4) is 0 Å². The zero-order valence-corrected chi connectivity index (χ0v) is 14.9. The number of fused-ring (bicyclic) bond motifs is 1. The first kappa shape index (κ1) is 18.0. The molecule has 2 aromatic rings. The summed E-state index contributed by atoms with van der Waals surface area (Å²) in [5.74, 6) is 2.49. The second-order valence-corrected chi connectivity index (χ2v) is 6.27. The van der Waals surface area contributed by atoms with Gasteiger partial charge < -0.3 is 19.5 Å². The molecule has 1 aliphatic heterocycles. The summed E-state index contributed by atoms with van der Waals surface area (Å²) in [6.45, 7) is 1.94. The highest BCUT2D eigenvalue weighted by atomic mass is 16.5. The molecule has 0 bridgehead atoms. The molecule has 0 saturated heterocycles. The van der Waals surface area contributed by atoms with Crippen molar-refractivity contribution in [2.24, 2.45) is 5.92 Å². The van der Waals surface area contributed by atoms with Crippen LogP contribution in [-0.4, -0.2) is 37.8 Å². The lowest BCUT2D eigenvalue weighted by Gasteiger charge is -2.25. The molecule has 1 aliphatic rings. The Hall–Kier alpha value is -2.76. The number of nitrogens with one attached hydrogen (secondary N) is 1. The maximum Gasteiger partial charge on any atom is 0.305 e. The molecule has 0 aliphatic carbocycles. The lowest BCUT2D eigenvalue weighted by Crippen LogP contribution is -2.24. The fourth-order valence-corrected chi connectivity index (χ4v) is 2.90. The maximum atomic E-state index is 11.4. The van der Waals surface area contributed by atoms with E-state index < -0.39 is 0 Å². The van der Waals surface area contributed by atoms with Gasteiger partial charge in [-0.3, -0.25) is 4.79 Å². The summed E-state index contributed by atoms with van der Waals surface area (Å²) < 4.78 is 16.3. The van der Waals surface area contributed by atoms with Crippen molar-refractivity contribution < 1.29 is 19.0 Å². The van der Waals surface area contributed by atoms with Crippen LogP contribution in [0.5, 0.6) is 11.5 Å². The van der Waals surface area contributed by atoms with E-state index in [1.54, 1.807) is 6.20 Å². The van der Waals surface area contributed by atoms with Gasteiger partial charge >= 0.3 is 5.97 Å². The van der Waals surface area contributed by atoms with E-state index in [1.807, 2.05) is 36.4 Å². The Morgan fingerprint density at radius 2 is 2.27 bits per heavy atom. The number of pyridine rings is 1. The maximum absolute atomic E-state index is 11.4. The molecule has 2 heterocycles. The minimum absolute atomic E-state index is 0.166. The molecule has 138 valence electrons. The second-order valence-electron chi connectivity index (χ2n) is 6.27. The number of carbonyl (C=O) groups excluding carboxylic acids is 1. The molecule has 1 aromatic heterocycles. The van der Waals surface area contributed by atoms with Crippen molar-refractivity contribution in [3.63, 3.8) is 0 Å². The first-order valence-electron chi connectivity index (χ1n) is 8.85. The lowest BCUT2D eigenvalue weighted by atomic mass is 9.94. The van der Waals surface area contributed by atoms with E-state index in [0.29, 0.717) is 19.6 Å². The molecule has 1 unspecified atom stereocenters. The van der Waals surface area contributed by atoms with Gasteiger partial charge in [-0.1, -0.05) is 12.1 Å². The molecule has 0 amide bonds. The lowest BCUT2D eigenvalue weighted by molar-refractivity contribution is -0.142. The molecule has 0 radical (unpaired) electrons. The van der Waals surface area contributed by atoms with E-state index in [9.17, 15) is 4.79 Å². The Labute approximate surface area is 153 Å². The quantitative estimate of drug-likeness (QED) is 0.579. The van der Waals surface area contributed by atoms with Gasteiger partial charge in [0.25, 0.3) is 0 Å². The average molecular weight is 356 g/mol. The van der Waals surface area contributed by atoms with Crippen LogP contribution in [-0.2, 0) is 16.0 Å². The van der Waals surface area contributed by atoms with Crippen molar-refractivity contribution in [1.82, 2.24) is 4.98 Å². The molecule has 1 N–H and O–H groups in total. The van der Waals surface area contributed by atoms with Crippen LogP contribution in [0.4, 0.5) is 5.82 Å². The second kappa shape index (κ2) is 9.08. The minimum Gasteiger partial charge on any atom is -0.493 e. The van der Waals surface area contributed by atoms with Crippen molar-refractivity contribution >= 4 is 11.8 Å². The summed E-state index contributed by atoms with van der Waals surface area (Å²) in [6, 6.07) is 11.7. The third-order valence-electron chi connectivity index (χ3n) is 4.27. The Morgan fingerprint density at radius 3 is 3.08 bits per heavy atom. The van der Waals surface area contributed by atoms with Gasteiger partial charge in [-0.15, -0.1) is 0 Å². The van der Waals surface area contributed by atoms with Crippen LogP contribution in [0.15, 0.2) is 42.6 Å². The molecule has 1 atom stereocenters. The predicted molar refractivity (Wildman–Crippen MR) is 98.6 cm³/mol. The highest BCUT2D eigenvalue weighted by Gasteiger charge is 2.23. The number of methoxy groups -OCH3 is 1. The Morgan fingerprint density at radius 1 is 1.35 bits per heavy atom. The van der Waals surface area contributed by atoms with Crippen molar-refractivity contribution in [2.45, 2.75) is 19.3 Å². The standard InChI is InChI=1S/C20H24N2O4/c1-24-20(23)12-15-11-16-6-7-17(13-18(16)26-14-15)25-10-4-9-22-19-5-2-3-8-21-19/h2-3,5-8,13,15H,4,9-12,14H2,1H3,(H,21,22). The molecule has 6 nitrogen and oxygen atoms in total. The Balaban J connectivity index is 1.42. The van der Waals surface area contributed by atoms with Gasteiger partial charge in [-0.2, -0.15) is 0 Å². The van der Waals surface area contributed by atoms with E-state index in [-0.39, 0.29) is 11.9 Å². The average Bonchev–Trinajstić information content (AvgIpc) is 2.68. The smallest absolute Gasteiger partial charge is 0.305 e. The topological polar surface area (TPSA) is 69.7 Å². The Kier molecular flexibility index (Phi) is 6.30. The number of ether oxygens (including phenoxy) is 3. The summed E-state index contributed by atoms with van der Waals surface area (Å²) in [5, 5.41) is 3.25. The number of carbonyl (C=O) groups is 1. The fraction of sp³-hybridized carbons (Fsp3) is 0.400. The van der Waals surface area contributed by atoms with Gasteiger partial charge in [0.2, 0.25) is 0 Å². The highest BCUT2D eigenvalue weighted by Crippen LogP contribution is 2.32. The van der Waals surface area contributed by atoms with Gasteiger partial charge in [-0.25, -0.2) is 4.98 Å². The third-order valence-corrected chi connectivity index (χ3v) is 4.27. The van der Waals surface area contributed by atoms with Crippen LogP contribution in [0, 0.1) is 5.92 Å². The number of esters is 1. The first-order valence-corrected chi connectivity index (χ1v) is 8.85. The largest absolute Gasteiger partial charge is 0.493 e. The van der Waals surface area contributed by atoms with Crippen LogP contribution < -0.4 is 14.8 Å². The molecule has 26 heavy (non-hydrogen) atoms. The van der Waals surface area contributed by atoms with Gasteiger partial charge in [0.05, 0.1) is 26.7 Å². The van der Waals surface area contributed by atoms with Crippen LogP contribution in [0.1, 0.15) is 18.4 Å².